The van der Waals surface area contributed by atoms with Crippen molar-refractivity contribution >= 4 is 24.1 Å². The Morgan fingerprint density at radius 2 is 1.00 bits per heavy atom. The Kier molecular flexibility index (Phi) is 5.62. The quantitative estimate of drug-likeness (QED) is 0.380. The average molecular weight is 324 g/mol. The second-order valence-corrected chi connectivity index (χ2v) is 4.64. The van der Waals surface area contributed by atoms with Gasteiger partial charge in [0.15, 0.2) is 11.7 Å². The molecule has 0 radical (unpaired) electrons. The van der Waals surface area contributed by atoms with Crippen molar-refractivity contribution < 1.29 is 10.2 Å². The van der Waals surface area contributed by atoms with Gasteiger partial charge in [-0.25, -0.2) is 0 Å². The van der Waals surface area contributed by atoms with Gasteiger partial charge in [0.2, 0.25) is 0 Å². The maximum Gasteiger partial charge on any atom is 0.190 e. The van der Waals surface area contributed by atoms with Crippen molar-refractivity contribution in [2.24, 2.45) is 31.9 Å². The van der Waals surface area contributed by atoms with Crippen LogP contribution in [0.3, 0.4) is 0 Å². The summed E-state index contributed by atoms with van der Waals surface area (Å²) in [5.74, 6) is 0.178. The van der Waals surface area contributed by atoms with Gasteiger partial charge in [0, 0.05) is 0 Å². The fourth-order valence-corrected chi connectivity index (χ4v) is 1.54. The monoisotopic (exact) mass is 324 g/mol. The molecular formula is C16H16N6O2. The normalized spacial score (nSPS) is 13.0. The van der Waals surface area contributed by atoms with E-state index in [0.717, 1.165) is 11.1 Å². The van der Waals surface area contributed by atoms with E-state index in [4.69, 9.17) is 11.5 Å². The van der Waals surface area contributed by atoms with Crippen molar-refractivity contribution in [3.8, 4) is 11.5 Å². The molecule has 2 aromatic carbocycles. The van der Waals surface area contributed by atoms with Crippen molar-refractivity contribution in [3.63, 3.8) is 0 Å². The number of amidine groups is 2. The van der Waals surface area contributed by atoms with Crippen LogP contribution in [-0.2, 0) is 0 Å². The largest absolute Gasteiger partial charge is 0.508 e. The van der Waals surface area contributed by atoms with Crippen molar-refractivity contribution in [3.05, 3.63) is 59.7 Å². The minimum Gasteiger partial charge on any atom is -0.508 e. The minimum absolute atomic E-state index is 0.0760. The molecule has 0 aromatic heterocycles. The predicted octanol–water partition coefficient (Wildman–Crippen LogP) is 1.18. The molecule has 6 N–H and O–H groups in total. The lowest BCUT2D eigenvalue weighted by molar-refractivity contribution is 0.475. The predicted molar refractivity (Wildman–Crippen MR) is 94.6 cm³/mol. The van der Waals surface area contributed by atoms with Crippen LogP contribution in [0.1, 0.15) is 11.1 Å². The number of benzene rings is 2. The Bertz CT molecular complexity index is 723. The molecule has 0 unspecified atom stereocenters. The summed E-state index contributed by atoms with van der Waals surface area (Å²) < 4.78 is 0. The fraction of sp³-hybridized carbons (Fsp3) is 0. The molecule has 0 aliphatic carbocycles. The third-order valence-electron chi connectivity index (χ3n) is 2.79. The highest BCUT2D eigenvalue weighted by molar-refractivity contribution is 6.39. The van der Waals surface area contributed by atoms with Gasteiger partial charge in [0.05, 0.1) is 12.4 Å². The van der Waals surface area contributed by atoms with E-state index in [1.165, 1.54) is 36.7 Å². The molecule has 0 fully saturated rings. The summed E-state index contributed by atoms with van der Waals surface area (Å²) >= 11 is 0. The van der Waals surface area contributed by atoms with Gasteiger partial charge in [-0.1, -0.05) is 0 Å². The number of nitrogens with zero attached hydrogens (tertiary/aromatic N) is 4. The summed E-state index contributed by atoms with van der Waals surface area (Å²) in [6.45, 7) is 0. The number of hydrogen-bond acceptors (Lipinski definition) is 6. The summed E-state index contributed by atoms with van der Waals surface area (Å²) in [6.07, 6.45) is 2.92. The van der Waals surface area contributed by atoms with E-state index in [1.54, 1.807) is 24.3 Å². The first-order valence-corrected chi connectivity index (χ1v) is 6.86. The number of aromatic hydroxyl groups is 2. The first kappa shape index (κ1) is 16.7. The molecule has 0 spiro atoms. The van der Waals surface area contributed by atoms with Gasteiger partial charge in [-0.2, -0.15) is 10.2 Å². The van der Waals surface area contributed by atoms with E-state index in [-0.39, 0.29) is 23.2 Å². The van der Waals surface area contributed by atoms with Gasteiger partial charge >= 0.3 is 0 Å². The molecule has 2 rings (SSSR count). The van der Waals surface area contributed by atoms with Gasteiger partial charge < -0.3 is 21.7 Å². The number of hydrogen-bond donors (Lipinski definition) is 4. The van der Waals surface area contributed by atoms with E-state index in [2.05, 4.69) is 20.4 Å². The number of phenols is 2. The molecule has 0 saturated heterocycles. The second kappa shape index (κ2) is 8.08. The van der Waals surface area contributed by atoms with Crippen LogP contribution in [0.25, 0.3) is 0 Å². The average Bonchev–Trinajstić information content (AvgIpc) is 2.58. The third kappa shape index (κ3) is 5.26. The minimum atomic E-state index is -0.0760. The zero-order valence-corrected chi connectivity index (χ0v) is 12.6. The Morgan fingerprint density at radius 1 is 0.667 bits per heavy atom. The molecule has 8 nitrogen and oxygen atoms in total. The molecule has 122 valence electrons. The zero-order valence-electron chi connectivity index (χ0n) is 12.6. The van der Waals surface area contributed by atoms with Crippen molar-refractivity contribution in [2.75, 3.05) is 0 Å². The smallest absolute Gasteiger partial charge is 0.190 e. The van der Waals surface area contributed by atoms with Gasteiger partial charge in [-0.05, 0) is 59.7 Å². The van der Waals surface area contributed by atoms with Crippen LogP contribution in [-0.4, -0.2) is 34.3 Å². The van der Waals surface area contributed by atoms with Crippen LogP contribution < -0.4 is 11.5 Å². The number of phenolic OH excluding ortho intramolecular Hbond substituents is 2. The number of nitrogens with two attached hydrogens (primary N) is 2. The van der Waals surface area contributed by atoms with E-state index in [1.807, 2.05) is 0 Å². The number of rotatable bonds is 4. The summed E-state index contributed by atoms with van der Waals surface area (Å²) in [4.78, 5) is 0. The molecule has 0 aliphatic heterocycles. The third-order valence-corrected chi connectivity index (χ3v) is 2.79. The molecule has 0 saturated carbocycles. The first-order chi connectivity index (χ1) is 11.5. The van der Waals surface area contributed by atoms with Crippen LogP contribution in [0.5, 0.6) is 11.5 Å². The highest BCUT2D eigenvalue weighted by Gasteiger charge is 1.97. The van der Waals surface area contributed by atoms with Crippen LogP contribution >= 0.6 is 0 Å². The van der Waals surface area contributed by atoms with Crippen LogP contribution in [0.2, 0.25) is 0 Å². The van der Waals surface area contributed by atoms with Crippen LogP contribution in [0.15, 0.2) is 68.9 Å². The Labute approximate surface area is 138 Å². The summed E-state index contributed by atoms with van der Waals surface area (Å²) in [7, 11) is 0. The maximum atomic E-state index is 9.17. The molecule has 0 heterocycles. The Morgan fingerprint density at radius 3 is 1.33 bits per heavy atom. The lowest BCUT2D eigenvalue weighted by Gasteiger charge is -1.95. The zero-order chi connectivity index (χ0) is 17.4. The van der Waals surface area contributed by atoms with E-state index >= 15 is 0 Å². The lowest BCUT2D eigenvalue weighted by Crippen LogP contribution is -2.30. The molecule has 2 aromatic rings. The van der Waals surface area contributed by atoms with E-state index < -0.39 is 0 Å². The topological polar surface area (TPSA) is 142 Å². The van der Waals surface area contributed by atoms with E-state index in [9.17, 15) is 10.2 Å². The van der Waals surface area contributed by atoms with Gasteiger partial charge in [-0.15, -0.1) is 10.2 Å². The van der Waals surface area contributed by atoms with Gasteiger partial charge in [-0.3, -0.25) is 0 Å². The molecule has 24 heavy (non-hydrogen) atoms. The van der Waals surface area contributed by atoms with E-state index in [0.29, 0.717) is 0 Å². The first-order valence-electron chi connectivity index (χ1n) is 6.86. The SMILES string of the molecule is NC(=N/N=C\c1ccc(O)cc1)C(N)=N/N=C/c1ccc(O)cc1. The molecule has 0 atom stereocenters. The van der Waals surface area contributed by atoms with Gasteiger partial charge in [0.25, 0.3) is 0 Å². The Balaban J connectivity index is 1.98. The molecular weight excluding hydrogens is 308 g/mol. The van der Waals surface area contributed by atoms with Crippen molar-refractivity contribution in [2.45, 2.75) is 0 Å². The van der Waals surface area contributed by atoms with Crippen LogP contribution in [0, 0.1) is 0 Å². The Hall–Kier alpha value is -3.68. The molecule has 8 heteroatoms. The van der Waals surface area contributed by atoms with Crippen LogP contribution in [0.4, 0.5) is 0 Å². The summed E-state index contributed by atoms with van der Waals surface area (Å²) in [5.41, 5.74) is 12.8. The maximum absolute atomic E-state index is 9.17. The second-order valence-electron chi connectivity index (χ2n) is 4.64. The van der Waals surface area contributed by atoms with Crippen molar-refractivity contribution in [1.82, 2.24) is 0 Å². The lowest BCUT2D eigenvalue weighted by atomic mass is 10.2. The summed E-state index contributed by atoms with van der Waals surface area (Å²) in [5, 5.41) is 33.3. The highest BCUT2D eigenvalue weighted by atomic mass is 16.3. The summed E-state index contributed by atoms with van der Waals surface area (Å²) in [6, 6.07) is 12.8. The molecule has 0 amide bonds. The standard InChI is InChI=1S/C16H16N6O2/c17-15(21-19-9-11-1-5-13(23)6-2-11)16(18)22-20-10-12-3-7-14(24)8-4-12/h1-10,23-24H,(H2,17,21)(H2,18,22)/b19-9-,20-10+. The van der Waals surface area contributed by atoms with Gasteiger partial charge in [0.1, 0.15) is 11.5 Å². The molecule has 0 aliphatic rings. The molecule has 0 bridgehead atoms. The fourth-order valence-electron chi connectivity index (χ4n) is 1.54. The van der Waals surface area contributed by atoms with Crippen molar-refractivity contribution in [1.29, 1.82) is 0 Å². The highest BCUT2D eigenvalue weighted by Crippen LogP contribution is 2.08.